The van der Waals surface area contributed by atoms with Crippen molar-refractivity contribution >= 4 is 12.0 Å². The Bertz CT molecular complexity index is 290. The lowest BCUT2D eigenvalue weighted by Gasteiger charge is -2.31. The highest BCUT2D eigenvalue weighted by Crippen LogP contribution is 2.24. The quantitative estimate of drug-likeness (QED) is 0.772. The number of amides is 2. The first-order valence-corrected chi connectivity index (χ1v) is 6.28. The number of carbonyl (C=O) groups excluding carboxylic acids is 1. The van der Waals surface area contributed by atoms with Gasteiger partial charge in [-0.25, -0.2) is 4.79 Å². The van der Waals surface area contributed by atoms with Crippen LogP contribution < -0.4 is 0 Å². The van der Waals surface area contributed by atoms with Crippen molar-refractivity contribution in [2.45, 2.75) is 31.7 Å². The van der Waals surface area contributed by atoms with Crippen LogP contribution >= 0.6 is 0 Å². The van der Waals surface area contributed by atoms with Crippen molar-refractivity contribution < 1.29 is 19.4 Å². The van der Waals surface area contributed by atoms with Crippen LogP contribution in [-0.4, -0.2) is 66.8 Å². The first kappa shape index (κ1) is 14.8. The molecule has 6 nitrogen and oxygen atoms in total. The van der Waals surface area contributed by atoms with Crippen LogP contribution in [0.3, 0.4) is 0 Å². The van der Waals surface area contributed by atoms with E-state index in [1.54, 1.807) is 14.2 Å². The minimum atomic E-state index is -0.963. The molecule has 1 rings (SSSR count). The number of carboxylic acids is 1. The molecule has 0 aromatic heterocycles. The van der Waals surface area contributed by atoms with E-state index >= 15 is 0 Å². The van der Waals surface area contributed by atoms with Crippen LogP contribution in [0.5, 0.6) is 0 Å². The molecule has 0 aliphatic heterocycles. The highest BCUT2D eigenvalue weighted by Gasteiger charge is 2.29. The van der Waals surface area contributed by atoms with Gasteiger partial charge in [0, 0.05) is 26.7 Å². The molecule has 1 saturated carbocycles. The average molecular weight is 258 g/mol. The van der Waals surface area contributed by atoms with E-state index in [2.05, 4.69) is 0 Å². The molecule has 6 heteroatoms. The molecule has 1 aliphatic carbocycles. The molecule has 0 atom stereocenters. The predicted octanol–water partition coefficient (Wildman–Crippen LogP) is 1.01. The fourth-order valence-corrected chi connectivity index (χ4v) is 2.26. The van der Waals surface area contributed by atoms with Crippen LogP contribution in [0.25, 0.3) is 0 Å². The SMILES string of the molecule is COCCN(C)C(=O)N(CC(=O)O)C1CCCC1. The second kappa shape index (κ2) is 7.20. The van der Waals surface area contributed by atoms with Gasteiger partial charge in [-0.2, -0.15) is 0 Å². The molecule has 1 aliphatic rings. The molecule has 1 N–H and O–H groups in total. The van der Waals surface area contributed by atoms with Crippen molar-refractivity contribution in [3.8, 4) is 0 Å². The van der Waals surface area contributed by atoms with Crippen LogP contribution in [0.15, 0.2) is 0 Å². The molecule has 0 saturated heterocycles. The number of aliphatic carboxylic acids is 1. The van der Waals surface area contributed by atoms with Gasteiger partial charge in [-0.1, -0.05) is 12.8 Å². The zero-order valence-corrected chi connectivity index (χ0v) is 11.1. The predicted molar refractivity (Wildman–Crippen MR) is 66.5 cm³/mol. The maximum Gasteiger partial charge on any atom is 0.323 e. The van der Waals surface area contributed by atoms with E-state index in [0.29, 0.717) is 13.2 Å². The normalized spacial score (nSPS) is 15.7. The number of carboxylic acid groups (broad SMARTS) is 1. The van der Waals surface area contributed by atoms with E-state index in [-0.39, 0.29) is 18.6 Å². The van der Waals surface area contributed by atoms with Crippen LogP contribution in [0.4, 0.5) is 4.79 Å². The largest absolute Gasteiger partial charge is 0.480 e. The lowest BCUT2D eigenvalue weighted by Crippen LogP contribution is -2.48. The fourth-order valence-electron chi connectivity index (χ4n) is 2.26. The number of ether oxygens (including phenoxy) is 1. The Morgan fingerprint density at radius 1 is 1.33 bits per heavy atom. The van der Waals surface area contributed by atoms with Gasteiger partial charge < -0.3 is 19.6 Å². The van der Waals surface area contributed by atoms with E-state index in [1.807, 2.05) is 0 Å². The van der Waals surface area contributed by atoms with Crippen molar-refractivity contribution in [3.63, 3.8) is 0 Å². The minimum Gasteiger partial charge on any atom is -0.480 e. The average Bonchev–Trinajstić information content (AvgIpc) is 2.85. The summed E-state index contributed by atoms with van der Waals surface area (Å²) in [7, 11) is 3.25. The summed E-state index contributed by atoms with van der Waals surface area (Å²) < 4.78 is 4.92. The molecule has 0 unspecified atom stereocenters. The molecule has 0 aromatic carbocycles. The Kier molecular flexibility index (Phi) is 5.91. The number of methoxy groups -OCH3 is 1. The first-order valence-electron chi connectivity index (χ1n) is 6.28. The molecule has 0 bridgehead atoms. The highest BCUT2D eigenvalue weighted by molar-refractivity contribution is 5.80. The van der Waals surface area contributed by atoms with Crippen LogP contribution in [0.2, 0.25) is 0 Å². The molecule has 2 amide bonds. The summed E-state index contributed by atoms with van der Waals surface area (Å²) in [6.45, 7) is 0.701. The number of nitrogens with zero attached hydrogens (tertiary/aromatic N) is 2. The summed E-state index contributed by atoms with van der Waals surface area (Å²) in [5.74, 6) is -0.963. The zero-order chi connectivity index (χ0) is 13.5. The second-order valence-corrected chi connectivity index (χ2v) is 4.66. The maximum atomic E-state index is 12.2. The molecular weight excluding hydrogens is 236 g/mol. The lowest BCUT2D eigenvalue weighted by molar-refractivity contribution is -0.138. The van der Waals surface area contributed by atoms with E-state index in [4.69, 9.17) is 9.84 Å². The number of likely N-dealkylation sites (N-methyl/N-ethyl adjacent to an activating group) is 1. The summed E-state index contributed by atoms with van der Waals surface area (Å²) in [4.78, 5) is 26.1. The molecule has 0 radical (unpaired) electrons. The van der Waals surface area contributed by atoms with Gasteiger partial charge in [0.05, 0.1) is 6.61 Å². The Labute approximate surface area is 107 Å². The van der Waals surface area contributed by atoms with Gasteiger partial charge in [0.2, 0.25) is 0 Å². The van der Waals surface area contributed by atoms with E-state index < -0.39 is 5.97 Å². The molecule has 18 heavy (non-hydrogen) atoms. The van der Waals surface area contributed by atoms with Gasteiger partial charge in [-0.15, -0.1) is 0 Å². The smallest absolute Gasteiger partial charge is 0.323 e. The van der Waals surface area contributed by atoms with E-state index in [9.17, 15) is 9.59 Å². The van der Waals surface area contributed by atoms with E-state index in [1.165, 1.54) is 9.80 Å². The first-order chi connectivity index (χ1) is 8.56. The zero-order valence-electron chi connectivity index (χ0n) is 11.1. The Hall–Kier alpha value is -1.30. The van der Waals surface area contributed by atoms with Crippen molar-refractivity contribution in [1.29, 1.82) is 0 Å². The van der Waals surface area contributed by atoms with Gasteiger partial charge in [0.15, 0.2) is 0 Å². The van der Waals surface area contributed by atoms with E-state index in [0.717, 1.165) is 25.7 Å². The van der Waals surface area contributed by atoms with Gasteiger partial charge >= 0.3 is 12.0 Å². The Balaban J connectivity index is 2.62. The second-order valence-electron chi connectivity index (χ2n) is 4.66. The highest BCUT2D eigenvalue weighted by atomic mass is 16.5. The van der Waals surface area contributed by atoms with Crippen molar-refractivity contribution in [3.05, 3.63) is 0 Å². The minimum absolute atomic E-state index is 0.0681. The third kappa shape index (κ3) is 4.18. The number of carbonyl (C=O) groups is 2. The summed E-state index contributed by atoms with van der Waals surface area (Å²) in [5, 5.41) is 8.91. The number of hydrogen-bond donors (Lipinski definition) is 1. The van der Waals surface area contributed by atoms with Crippen LogP contribution in [0, 0.1) is 0 Å². The van der Waals surface area contributed by atoms with Crippen molar-refractivity contribution in [1.82, 2.24) is 9.80 Å². The monoisotopic (exact) mass is 258 g/mol. The Morgan fingerprint density at radius 3 is 2.44 bits per heavy atom. The summed E-state index contributed by atoms with van der Waals surface area (Å²) >= 11 is 0. The van der Waals surface area contributed by atoms with Crippen LogP contribution in [0.1, 0.15) is 25.7 Å². The van der Waals surface area contributed by atoms with Crippen molar-refractivity contribution in [2.75, 3.05) is 33.9 Å². The molecule has 1 fully saturated rings. The summed E-state index contributed by atoms with van der Waals surface area (Å²) in [6, 6.07) is -0.153. The van der Waals surface area contributed by atoms with Gasteiger partial charge in [0.1, 0.15) is 6.54 Å². The molecule has 0 heterocycles. The van der Waals surface area contributed by atoms with Crippen LogP contribution in [-0.2, 0) is 9.53 Å². The fraction of sp³-hybridized carbons (Fsp3) is 0.833. The standard InChI is InChI=1S/C12H22N2O4/c1-13(7-8-18-2)12(17)14(9-11(15)16)10-5-3-4-6-10/h10H,3-9H2,1-2H3,(H,15,16). The summed E-state index contributed by atoms with van der Waals surface area (Å²) in [5.41, 5.74) is 0. The topological polar surface area (TPSA) is 70.1 Å². The van der Waals surface area contributed by atoms with Crippen molar-refractivity contribution in [2.24, 2.45) is 0 Å². The maximum absolute atomic E-state index is 12.2. The lowest BCUT2D eigenvalue weighted by atomic mass is 10.2. The summed E-state index contributed by atoms with van der Waals surface area (Å²) in [6.07, 6.45) is 3.93. The molecule has 0 aromatic rings. The third-order valence-electron chi connectivity index (χ3n) is 3.27. The molecule has 0 spiro atoms. The third-order valence-corrected chi connectivity index (χ3v) is 3.27. The molecule has 104 valence electrons. The van der Waals surface area contributed by atoms with Gasteiger partial charge in [-0.3, -0.25) is 4.79 Å². The van der Waals surface area contributed by atoms with Gasteiger partial charge in [0.25, 0.3) is 0 Å². The number of hydrogen-bond acceptors (Lipinski definition) is 3. The number of rotatable bonds is 6. The number of urea groups is 1. The Morgan fingerprint density at radius 2 is 1.94 bits per heavy atom. The molecular formula is C12H22N2O4. The van der Waals surface area contributed by atoms with Gasteiger partial charge in [-0.05, 0) is 12.8 Å².